The number of methoxy groups -OCH3 is 2. The zero-order chi connectivity index (χ0) is 23.3. The summed E-state index contributed by atoms with van der Waals surface area (Å²) in [6, 6.07) is 17.7. The molecular formula is C24H26ClFN4O3. The van der Waals surface area contributed by atoms with Crippen LogP contribution < -0.4 is 25.8 Å². The van der Waals surface area contributed by atoms with Gasteiger partial charge in [-0.2, -0.15) is 0 Å². The van der Waals surface area contributed by atoms with E-state index in [1.54, 1.807) is 29.2 Å². The van der Waals surface area contributed by atoms with Crippen molar-refractivity contribution < 1.29 is 18.7 Å². The van der Waals surface area contributed by atoms with Gasteiger partial charge in [-0.3, -0.25) is 10.2 Å². The molecule has 0 aliphatic carbocycles. The molecule has 0 spiro atoms. The lowest BCUT2D eigenvalue weighted by Crippen LogP contribution is -2.38. The van der Waals surface area contributed by atoms with Gasteiger partial charge in [0.1, 0.15) is 17.7 Å². The van der Waals surface area contributed by atoms with Crippen molar-refractivity contribution in [3.63, 3.8) is 0 Å². The summed E-state index contributed by atoms with van der Waals surface area (Å²) in [5.74, 6) is -0.977. The van der Waals surface area contributed by atoms with Crippen molar-refractivity contribution in [2.24, 2.45) is 11.5 Å². The number of carbonyl (C=O) groups excluding carboxylic acids is 1. The Bertz CT molecular complexity index is 1110. The minimum Gasteiger partial charge on any atom is -0.493 e. The van der Waals surface area contributed by atoms with E-state index < -0.39 is 17.8 Å². The van der Waals surface area contributed by atoms with Gasteiger partial charge in [-0.1, -0.05) is 30.3 Å². The van der Waals surface area contributed by atoms with Crippen molar-refractivity contribution in [1.29, 1.82) is 5.41 Å². The highest BCUT2D eigenvalue weighted by Gasteiger charge is 2.30. The van der Waals surface area contributed by atoms with E-state index in [-0.39, 0.29) is 41.8 Å². The molecule has 1 atom stereocenters. The quantitative estimate of drug-likeness (QED) is 0.324. The Morgan fingerprint density at radius 1 is 1.00 bits per heavy atom. The summed E-state index contributed by atoms with van der Waals surface area (Å²) in [5, 5.41) is 7.61. The first-order chi connectivity index (χ1) is 15.3. The molecule has 5 N–H and O–H groups in total. The molecule has 0 fully saturated rings. The molecule has 0 heterocycles. The Labute approximate surface area is 198 Å². The van der Waals surface area contributed by atoms with Crippen LogP contribution in [0.25, 0.3) is 0 Å². The number of nitrogen functional groups attached to an aromatic ring is 1. The molecule has 3 aromatic rings. The number of nitrogens with zero attached hydrogens (tertiary/aromatic N) is 1. The normalized spacial score (nSPS) is 11.1. The predicted octanol–water partition coefficient (Wildman–Crippen LogP) is 3.78. The maximum Gasteiger partial charge on any atom is 0.244 e. The van der Waals surface area contributed by atoms with Crippen molar-refractivity contribution in [2.45, 2.75) is 12.6 Å². The van der Waals surface area contributed by atoms with Crippen LogP contribution in [0.15, 0.2) is 66.7 Å². The number of halogens is 2. The lowest BCUT2D eigenvalue weighted by atomic mass is 10.0. The van der Waals surface area contributed by atoms with Crippen LogP contribution in [0.2, 0.25) is 0 Å². The molecule has 0 aromatic heterocycles. The monoisotopic (exact) mass is 472 g/mol. The van der Waals surface area contributed by atoms with E-state index >= 15 is 4.39 Å². The summed E-state index contributed by atoms with van der Waals surface area (Å²) >= 11 is 0. The Kier molecular flexibility index (Phi) is 8.64. The predicted molar refractivity (Wildman–Crippen MR) is 129 cm³/mol. The van der Waals surface area contributed by atoms with E-state index in [4.69, 9.17) is 26.4 Å². The van der Waals surface area contributed by atoms with E-state index in [1.807, 2.05) is 30.3 Å². The topological polar surface area (TPSA) is 115 Å². The lowest BCUT2D eigenvalue weighted by Gasteiger charge is -2.33. The largest absolute Gasteiger partial charge is 0.493 e. The molecule has 174 valence electrons. The van der Waals surface area contributed by atoms with Gasteiger partial charge in [-0.15, -0.1) is 12.4 Å². The van der Waals surface area contributed by atoms with Gasteiger partial charge in [-0.25, -0.2) is 4.39 Å². The average molecular weight is 473 g/mol. The van der Waals surface area contributed by atoms with Crippen LogP contribution in [0.4, 0.5) is 10.1 Å². The molecule has 3 rings (SSSR count). The van der Waals surface area contributed by atoms with Crippen molar-refractivity contribution in [1.82, 2.24) is 0 Å². The first-order valence-electron chi connectivity index (χ1n) is 9.81. The molecule has 1 unspecified atom stereocenters. The average Bonchev–Trinajstić information content (AvgIpc) is 2.79. The van der Waals surface area contributed by atoms with Gasteiger partial charge in [0.15, 0.2) is 11.5 Å². The number of amidine groups is 1. The van der Waals surface area contributed by atoms with Gasteiger partial charge in [0.2, 0.25) is 5.91 Å². The van der Waals surface area contributed by atoms with E-state index in [0.29, 0.717) is 11.3 Å². The lowest BCUT2D eigenvalue weighted by molar-refractivity contribution is -0.119. The van der Waals surface area contributed by atoms with Gasteiger partial charge in [-0.05, 0) is 35.9 Å². The van der Waals surface area contributed by atoms with Gasteiger partial charge in [0.05, 0.1) is 14.2 Å². The molecule has 0 bridgehead atoms. The zero-order valence-electron chi connectivity index (χ0n) is 18.2. The minimum absolute atomic E-state index is 0. The van der Waals surface area contributed by atoms with Gasteiger partial charge in [0.25, 0.3) is 0 Å². The Morgan fingerprint density at radius 3 is 2.09 bits per heavy atom. The fourth-order valence-electron chi connectivity index (χ4n) is 3.50. The molecule has 0 radical (unpaired) electrons. The Balaban J connectivity index is 0.00000385. The van der Waals surface area contributed by atoms with Crippen LogP contribution in [0.5, 0.6) is 11.5 Å². The molecule has 9 heteroatoms. The van der Waals surface area contributed by atoms with E-state index in [0.717, 1.165) is 5.56 Å². The number of benzene rings is 3. The summed E-state index contributed by atoms with van der Waals surface area (Å²) in [5.41, 5.74) is 13.5. The molecule has 0 aliphatic heterocycles. The molecule has 33 heavy (non-hydrogen) atoms. The number of anilines is 1. The Morgan fingerprint density at radius 2 is 1.58 bits per heavy atom. The summed E-state index contributed by atoms with van der Waals surface area (Å²) in [4.78, 5) is 14.4. The van der Waals surface area contributed by atoms with Crippen molar-refractivity contribution in [3.8, 4) is 11.5 Å². The molecule has 1 amide bonds. The molecule has 7 nitrogen and oxygen atoms in total. The summed E-state index contributed by atoms with van der Waals surface area (Å²) in [6.07, 6.45) is 0. The number of nitrogens with two attached hydrogens (primary N) is 2. The number of hydrogen-bond donors (Lipinski definition) is 3. The molecule has 3 aromatic carbocycles. The van der Waals surface area contributed by atoms with Crippen molar-refractivity contribution in [3.05, 3.63) is 89.2 Å². The van der Waals surface area contributed by atoms with E-state index in [2.05, 4.69) is 0 Å². The van der Waals surface area contributed by atoms with Crippen molar-refractivity contribution in [2.75, 3.05) is 19.1 Å². The first kappa shape index (κ1) is 25.5. The zero-order valence-corrected chi connectivity index (χ0v) is 19.1. The molecule has 0 saturated heterocycles. The van der Waals surface area contributed by atoms with Crippen LogP contribution in [0.1, 0.15) is 22.7 Å². The maximum absolute atomic E-state index is 15.1. The highest BCUT2D eigenvalue weighted by Crippen LogP contribution is 2.36. The molecule has 0 saturated carbocycles. The number of amides is 1. The number of rotatable bonds is 9. The second kappa shape index (κ2) is 11.2. The summed E-state index contributed by atoms with van der Waals surface area (Å²) in [6.45, 7) is 0.279. The second-order valence-corrected chi connectivity index (χ2v) is 7.11. The molecular weight excluding hydrogens is 447 g/mol. The van der Waals surface area contributed by atoms with Gasteiger partial charge in [0, 0.05) is 29.4 Å². The van der Waals surface area contributed by atoms with E-state index in [1.165, 1.54) is 26.4 Å². The number of hydrogen-bond acceptors (Lipinski definition) is 5. The smallest absolute Gasteiger partial charge is 0.244 e. The fourth-order valence-corrected chi connectivity index (χ4v) is 3.50. The van der Waals surface area contributed by atoms with Crippen LogP contribution in [0.3, 0.4) is 0 Å². The maximum atomic E-state index is 15.1. The highest BCUT2D eigenvalue weighted by molar-refractivity contribution is 5.95. The number of nitrogens with one attached hydrogen (secondary N) is 1. The van der Waals surface area contributed by atoms with Crippen LogP contribution in [-0.2, 0) is 11.3 Å². The summed E-state index contributed by atoms with van der Waals surface area (Å²) in [7, 11) is 2.84. The standard InChI is InChI=1S/C24H25FN4O3.ClH/c1-31-20-12-18(19(25)13-21(20)32-2)22(24(28)30)29(14-15-6-4-3-5-7-15)17-10-8-16(9-11-17)23(26)27;/h3-13,22H,14H2,1-2H3,(H3,26,27)(H2,28,30);1H. The SMILES string of the molecule is COc1cc(F)c(C(C(N)=O)N(Cc2ccccc2)c2ccc(C(=N)N)cc2)cc1OC.Cl. The van der Waals surface area contributed by atoms with E-state index in [9.17, 15) is 4.79 Å². The third-order valence-corrected chi connectivity index (χ3v) is 5.08. The minimum atomic E-state index is -1.14. The number of primary amides is 1. The second-order valence-electron chi connectivity index (χ2n) is 7.11. The van der Waals surface area contributed by atoms with Gasteiger partial charge < -0.3 is 25.8 Å². The van der Waals surface area contributed by atoms with Gasteiger partial charge >= 0.3 is 0 Å². The third kappa shape index (κ3) is 5.72. The third-order valence-electron chi connectivity index (χ3n) is 5.08. The summed E-state index contributed by atoms with van der Waals surface area (Å²) < 4.78 is 25.6. The Hall–Kier alpha value is -3.78. The highest BCUT2D eigenvalue weighted by atomic mass is 35.5. The van der Waals surface area contributed by atoms with Crippen LogP contribution in [-0.4, -0.2) is 26.0 Å². The van der Waals surface area contributed by atoms with Crippen molar-refractivity contribution >= 4 is 29.8 Å². The first-order valence-corrected chi connectivity index (χ1v) is 9.81. The van der Waals surface area contributed by atoms with Crippen LogP contribution >= 0.6 is 12.4 Å². The van der Waals surface area contributed by atoms with Crippen LogP contribution in [0, 0.1) is 11.2 Å². The number of carbonyl (C=O) groups is 1. The molecule has 0 aliphatic rings. The fraction of sp³-hybridized carbons (Fsp3) is 0.167. The number of ether oxygens (including phenoxy) is 2.